The summed E-state index contributed by atoms with van der Waals surface area (Å²) >= 11 is 0. The Hall–Kier alpha value is -2.60. The van der Waals surface area contributed by atoms with Gasteiger partial charge in [0.15, 0.2) is 0 Å². The van der Waals surface area contributed by atoms with Gasteiger partial charge in [0.25, 0.3) is 0 Å². The summed E-state index contributed by atoms with van der Waals surface area (Å²) in [6, 6.07) is 32.3. The monoisotopic (exact) mass is 282 g/mol. The summed E-state index contributed by atoms with van der Waals surface area (Å²) in [4.78, 5) is 0. The van der Waals surface area contributed by atoms with Gasteiger partial charge in [0.1, 0.15) is 0 Å². The lowest BCUT2D eigenvalue weighted by molar-refractivity contribution is 1.03. The van der Waals surface area contributed by atoms with Crippen molar-refractivity contribution < 1.29 is 0 Å². The first-order valence-electron chi connectivity index (χ1n) is 7.80. The molecule has 0 radical (unpaired) electrons. The molecule has 106 valence electrons. The third-order valence-electron chi connectivity index (χ3n) is 4.39. The van der Waals surface area contributed by atoms with Gasteiger partial charge in [-0.25, -0.2) is 0 Å². The minimum atomic E-state index is 0.517. The molecule has 0 heteroatoms. The predicted octanol–water partition coefficient (Wildman–Crippen LogP) is 5.65. The first-order chi connectivity index (χ1) is 10.9. The summed E-state index contributed by atoms with van der Waals surface area (Å²) in [5.41, 5.74) is 5.64. The summed E-state index contributed by atoms with van der Waals surface area (Å²) in [7, 11) is 0. The van der Waals surface area contributed by atoms with E-state index in [1.807, 2.05) is 0 Å². The van der Waals surface area contributed by atoms with E-state index in [4.69, 9.17) is 0 Å². The Balaban J connectivity index is 1.74. The van der Waals surface area contributed by atoms with Crippen LogP contribution < -0.4 is 0 Å². The van der Waals surface area contributed by atoms with Gasteiger partial charge in [0.2, 0.25) is 0 Å². The van der Waals surface area contributed by atoms with E-state index in [2.05, 4.69) is 97.1 Å². The molecule has 3 aromatic rings. The van der Waals surface area contributed by atoms with E-state index in [0.717, 1.165) is 0 Å². The second-order valence-electron chi connectivity index (χ2n) is 5.83. The average molecular weight is 282 g/mol. The topological polar surface area (TPSA) is 0 Å². The van der Waals surface area contributed by atoms with Crippen molar-refractivity contribution in [2.24, 2.45) is 0 Å². The number of rotatable bonds is 3. The molecule has 1 fully saturated rings. The van der Waals surface area contributed by atoms with E-state index in [1.54, 1.807) is 0 Å². The predicted molar refractivity (Wildman–Crippen MR) is 92.8 cm³/mol. The van der Waals surface area contributed by atoms with Crippen LogP contribution >= 0.6 is 0 Å². The average Bonchev–Trinajstić information content (AvgIpc) is 3.31. The minimum absolute atomic E-state index is 0.517. The van der Waals surface area contributed by atoms with Crippen LogP contribution in [0.2, 0.25) is 0 Å². The zero-order valence-corrected chi connectivity index (χ0v) is 12.4. The van der Waals surface area contributed by atoms with E-state index < -0.39 is 0 Å². The van der Waals surface area contributed by atoms with Crippen LogP contribution in [0.3, 0.4) is 0 Å². The van der Waals surface area contributed by atoms with Crippen molar-refractivity contribution in [2.45, 2.75) is 11.8 Å². The molecule has 0 bridgehead atoms. The molecule has 4 rings (SSSR count). The van der Waals surface area contributed by atoms with Crippen molar-refractivity contribution in [3.8, 4) is 0 Å². The number of benzene rings is 3. The van der Waals surface area contributed by atoms with Crippen molar-refractivity contribution in [3.63, 3.8) is 0 Å². The Labute approximate surface area is 131 Å². The zero-order chi connectivity index (χ0) is 14.8. The van der Waals surface area contributed by atoms with Crippen molar-refractivity contribution >= 4 is 6.08 Å². The molecule has 0 nitrogen and oxygen atoms in total. The second kappa shape index (κ2) is 5.65. The summed E-state index contributed by atoms with van der Waals surface area (Å²) in [5, 5.41) is 0. The summed E-state index contributed by atoms with van der Waals surface area (Å²) in [5.74, 6) is 1.03. The van der Waals surface area contributed by atoms with Gasteiger partial charge >= 0.3 is 0 Å². The molecule has 22 heavy (non-hydrogen) atoms. The quantitative estimate of drug-likeness (QED) is 0.582. The Morgan fingerprint density at radius 3 is 1.36 bits per heavy atom. The number of allylic oxidation sites excluding steroid dienone is 1. The molecule has 1 saturated carbocycles. The minimum Gasteiger partial charge on any atom is -0.0622 e. The Morgan fingerprint density at radius 1 is 0.500 bits per heavy atom. The standard InChI is InChI=1S/C22H18/c1-4-10-17(11-5-1)16-20-21(18-12-6-2-7-13-18)22(20)19-14-8-3-9-15-19/h1-16,21-22H. The molecule has 0 saturated heterocycles. The maximum absolute atomic E-state index is 2.36. The van der Waals surface area contributed by atoms with Crippen molar-refractivity contribution in [3.05, 3.63) is 113 Å². The van der Waals surface area contributed by atoms with Crippen LogP contribution in [0.25, 0.3) is 6.08 Å². The Bertz CT molecular complexity index is 723. The first-order valence-corrected chi connectivity index (χ1v) is 7.80. The van der Waals surface area contributed by atoms with Crippen LogP contribution in [0.5, 0.6) is 0 Å². The highest BCUT2D eigenvalue weighted by Crippen LogP contribution is 2.60. The maximum Gasteiger partial charge on any atom is 0.0164 e. The largest absolute Gasteiger partial charge is 0.0622 e. The fourth-order valence-corrected chi connectivity index (χ4v) is 3.29. The molecule has 0 aromatic heterocycles. The maximum atomic E-state index is 2.36. The van der Waals surface area contributed by atoms with E-state index in [9.17, 15) is 0 Å². The van der Waals surface area contributed by atoms with E-state index in [1.165, 1.54) is 22.3 Å². The van der Waals surface area contributed by atoms with Crippen molar-refractivity contribution in [1.29, 1.82) is 0 Å². The summed E-state index contributed by atoms with van der Waals surface area (Å²) in [6.07, 6.45) is 2.36. The molecule has 3 aromatic carbocycles. The van der Waals surface area contributed by atoms with Crippen molar-refractivity contribution in [2.75, 3.05) is 0 Å². The molecule has 2 atom stereocenters. The SMILES string of the molecule is C(=C1C(c2ccccc2)C1c1ccccc1)c1ccccc1. The van der Waals surface area contributed by atoms with Crippen molar-refractivity contribution in [1.82, 2.24) is 0 Å². The molecule has 0 heterocycles. The molecule has 0 amide bonds. The smallest absolute Gasteiger partial charge is 0.0164 e. The van der Waals surface area contributed by atoms with Gasteiger partial charge in [-0.1, -0.05) is 103 Å². The lowest BCUT2D eigenvalue weighted by Crippen LogP contribution is -1.82. The highest BCUT2D eigenvalue weighted by molar-refractivity contribution is 5.68. The van der Waals surface area contributed by atoms with Gasteiger partial charge < -0.3 is 0 Å². The lowest BCUT2D eigenvalue weighted by Gasteiger charge is -1.99. The van der Waals surface area contributed by atoms with E-state index in [-0.39, 0.29) is 0 Å². The van der Waals surface area contributed by atoms with Gasteiger partial charge in [-0.2, -0.15) is 0 Å². The Kier molecular flexibility index (Phi) is 3.36. The van der Waals surface area contributed by atoms with Gasteiger partial charge in [-0.3, -0.25) is 0 Å². The molecule has 1 aliphatic carbocycles. The van der Waals surface area contributed by atoms with Gasteiger partial charge in [0.05, 0.1) is 0 Å². The fourth-order valence-electron chi connectivity index (χ4n) is 3.29. The number of hydrogen-bond donors (Lipinski definition) is 0. The van der Waals surface area contributed by atoms with Gasteiger partial charge in [-0.05, 0) is 16.7 Å². The third kappa shape index (κ3) is 2.48. The summed E-state index contributed by atoms with van der Waals surface area (Å²) < 4.78 is 0. The molecular formula is C22H18. The van der Waals surface area contributed by atoms with Crippen LogP contribution in [0, 0.1) is 0 Å². The molecule has 2 unspecified atom stereocenters. The highest BCUT2D eigenvalue weighted by Gasteiger charge is 2.45. The van der Waals surface area contributed by atoms with Gasteiger partial charge in [0, 0.05) is 11.8 Å². The Morgan fingerprint density at radius 2 is 0.909 bits per heavy atom. The molecule has 1 aliphatic rings. The second-order valence-corrected chi connectivity index (χ2v) is 5.83. The molecular weight excluding hydrogens is 264 g/mol. The van der Waals surface area contributed by atoms with Crippen LogP contribution in [-0.4, -0.2) is 0 Å². The zero-order valence-electron chi connectivity index (χ0n) is 12.4. The van der Waals surface area contributed by atoms with Crippen LogP contribution in [0.15, 0.2) is 96.6 Å². The molecule has 0 spiro atoms. The van der Waals surface area contributed by atoms with Gasteiger partial charge in [-0.15, -0.1) is 0 Å². The lowest BCUT2D eigenvalue weighted by atomic mass is 10.0. The van der Waals surface area contributed by atoms with Crippen LogP contribution in [0.1, 0.15) is 28.5 Å². The number of hydrogen-bond acceptors (Lipinski definition) is 0. The van der Waals surface area contributed by atoms with Crippen LogP contribution in [0.4, 0.5) is 0 Å². The first kappa shape index (κ1) is 13.1. The van der Waals surface area contributed by atoms with E-state index in [0.29, 0.717) is 11.8 Å². The van der Waals surface area contributed by atoms with Crippen LogP contribution in [-0.2, 0) is 0 Å². The highest BCUT2D eigenvalue weighted by atomic mass is 14.5. The normalized spacial score (nSPS) is 19.7. The summed E-state index contributed by atoms with van der Waals surface area (Å²) in [6.45, 7) is 0. The molecule has 0 aliphatic heterocycles. The molecule has 0 N–H and O–H groups in total. The fraction of sp³-hybridized carbons (Fsp3) is 0.0909. The van der Waals surface area contributed by atoms with E-state index >= 15 is 0 Å². The third-order valence-corrected chi connectivity index (χ3v) is 4.39.